The van der Waals surface area contributed by atoms with Crippen molar-refractivity contribution in [1.82, 2.24) is 10.9 Å². The lowest BCUT2D eigenvalue weighted by molar-refractivity contribution is -0.128. The number of ether oxygens (including phenoxy) is 1. The normalized spacial score (nSPS) is 10.8. The van der Waals surface area contributed by atoms with Crippen molar-refractivity contribution in [2.45, 2.75) is 6.92 Å². The molecule has 0 atom stereocenters. The monoisotopic (exact) mass is 350 g/mol. The molecule has 0 spiro atoms. The minimum Gasteiger partial charge on any atom is -0.483 e. The van der Waals surface area contributed by atoms with E-state index in [9.17, 15) is 9.59 Å². The Morgan fingerprint density at radius 3 is 2.65 bits per heavy atom. The maximum absolute atomic E-state index is 11.8. The summed E-state index contributed by atoms with van der Waals surface area (Å²) in [6.45, 7) is 1.60. The van der Waals surface area contributed by atoms with Crippen LogP contribution in [0.3, 0.4) is 0 Å². The number of furan rings is 1. The van der Waals surface area contributed by atoms with Gasteiger partial charge in [-0.05, 0) is 36.6 Å². The molecule has 26 heavy (non-hydrogen) atoms. The number of carbonyl (C=O) groups excluding carboxylic acids is 2. The Bertz CT molecular complexity index is 954. The first-order valence-electron chi connectivity index (χ1n) is 8.06. The summed E-state index contributed by atoms with van der Waals surface area (Å²) in [5.41, 5.74) is 4.58. The van der Waals surface area contributed by atoms with Crippen molar-refractivity contribution in [2.75, 3.05) is 6.61 Å². The van der Waals surface area contributed by atoms with Gasteiger partial charge in [0.2, 0.25) is 0 Å². The van der Waals surface area contributed by atoms with Gasteiger partial charge in [-0.25, -0.2) is 0 Å². The third-order valence-corrected chi connectivity index (χ3v) is 3.59. The van der Waals surface area contributed by atoms with Crippen molar-refractivity contribution in [1.29, 1.82) is 0 Å². The van der Waals surface area contributed by atoms with Crippen LogP contribution in [0.1, 0.15) is 11.5 Å². The van der Waals surface area contributed by atoms with E-state index >= 15 is 0 Å². The molecule has 0 aliphatic carbocycles. The van der Waals surface area contributed by atoms with Crippen LogP contribution in [0.4, 0.5) is 0 Å². The average molecular weight is 350 g/mol. The number of fused-ring (bicyclic) bond motifs is 1. The third-order valence-electron chi connectivity index (χ3n) is 3.59. The number of hydrazine groups is 1. The maximum Gasteiger partial charge on any atom is 0.276 e. The van der Waals surface area contributed by atoms with Crippen molar-refractivity contribution in [2.24, 2.45) is 0 Å². The van der Waals surface area contributed by atoms with E-state index in [0.717, 1.165) is 16.5 Å². The van der Waals surface area contributed by atoms with Crippen LogP contribution in [0.2, 0.25) is 0 Å². The second kappa shape index (κ2) is 8.02. The van der Waals surface area contributed by atoms with Crippen molar-refractivity contribution < 1.29 is 18.7 Å². The second-order valence-electron chi connectivity index (χ2n) is 5.59. The van der Waals surface area contributed by atoms with Gasteiger partial charge in [0.15, 0.2) is 6.61 Å². The molecule has 1 heterocycles. The van der Waals surface area contributed by atoms with E-state index < -0.39 is 11.8 Å². The van der Waals surface area contributed by atoms with E-state index in [2.05, 4.69) is 10.9 Å². The van der Waals surface area contributed by atoms with Crippen LogP contribution in [0.15, 0.2) is 65.1 Å². The highest BCUT2D eigenvalue weighted by atomic mass is 16.5. The Morgan fingerprint density at radius 2 is 1.85 bits per heavy atom. The molecule has 0 fully saturated rings. The fourth-order valence-electron chi connectivity index (χ4n) is 2.37. The Labute approximate surface area is 150 Å². The molecule has 6 heteroatoms. The highest BCUT2D eigenvalue weighted by Crippen LogP contribution is 2.24. The zero-order valence-electron chi connectivity index (χ0n) is 14.2. The highest BCUT2D eigenvalue weighted by molar-refractivity contribution is 5.93. The van der Waals surface area contributed by atoms with Gasteiger partial charge < -0.3 is 9.15 Å². The molecule has 6 nitrogen and oxygen atoms in total. The Balaban J connectivity index is 1.48. The molecule has 3 aromatic rings. The highest BCUT2D eigenvalue weighted by Gasteiger charge is 2.06. The molecule has 0 unspecified atom stereocenters. The van der Waals surface area contributed by atoms with E-state index in [1.165, 1.54) is 12.2 Å². The molecule has 0 saturated heterocycles. The first-order chi connectivity index (χ1) is 12.6. The molecule has 0 bridgehead atoms. The summed E-state index contributed by atoms with van der Waals surface area (Å²) in [6, 6.07) is 16.9. The predicted molar refractivity (Wildman–Crippen MR) is 98.2 cm³/mol. The molecule has 3 rings (SSSR count). The zero-order chi connectivity index (χ0) is 18.4. The van der Waals surface area contributed by atoms with Crippen LogP contribution in [-0.4, -0.2) is 18.4 Å². The molecular formula is C20H18N2O4. The van der Waals surface area contributed by atoms with Gasteiger partial charge in [-0.2, -0.15) is 0 Å². The summed E-state index contributed by atoms with van der Waals surface area (Å²) in [5.74, 6) is 0.982. The number of hydrogen-bond acceptors (Lipinski definition) is 4. The van der Waals surface area contributed by atoms with E-state index in [0.29, 0.717) is 11.5 Å². The summed E-state index contributed by atoms with van der Waals surface area (Å²) in [4.78, 5) is 23.5. The van der Waals surface area contributed by atoms with Crippen molar-refractivity contribution in [3.05, 3.63) is 72.2 Å². The van der Waals surface area contributed by atoms with Crippen molar-refractivity contribution in [3.63, 3.8) is 0 Å². The molecule has 0 radical (unpaired) electrons. The molecule has 1 aromatic heterocycles. The Morgan fingerprint density at radius 1 is 1.04 bits per heavy atom. The lowest BCUT2D eigenvalue weighted by atomic mass is 10.1. The van der Waals surface area contributed by atoms with Gasteiger partial charge in [0.05, 0.1) is 0 Å². The van der Waals surface area contributed by atoms with Gasteiger partial charge in [0.1, 0.15) is 17.3 Å². The zero-order valence-corrected chi connectivity index (χ0v) is 14.2. The first kappa shape index (κ1) is 17.3. The standard InChI is InChI=1S/C20H18N2O4/c1-14-9-10-16(26-14)11-12-19(23)21-22-20(24)13-25-18-8-4-6-15-5-2-3-7-17(15)18/h2-12H,13H2,1H3,(H,21,23)(H,22,24)/b12-11+. The number of benzene rings is 2. The van der Waals surface area contributed by atoms with Gasteiger partial charge in [-0.15, -0.1) is 0 Å². The summed E-state index contributed by atoms with van der Waals surface area (Å²) in [7, 11) is 0. The van der Waals surface area contributed by atoms with E-state index in [4.69, 9.17) is 9.15 Å². The number of rotatable bonds is 5. The molecule has 0 saturated carbocycles. The molecule has 0 aliphatic rings. The summed E-state index contributed by atoms with van der Waals surface area (Å²) in [6.07, 6.45) is 2.78. The second-order valence-corrected chi connectivity index (χ2v) is 5.59. The lowest BCUT2D eigenvalue weighted by Gasteiger charge is -2.09. The Hall–Kier alpha value is -3.54. The van der Waals surface area contributed by atoms with Gasteiger partial charge in [0, 0.05) is 11.5 Å². The number of amides is 2. The number of aryl methyl sites for hydroxylation is 1. The van der Waals surface area contributed by atoms with E-state index in [1.807, 2.05) is 43.3 Å². The number of hydrogen-bond donors (Lipinski definition) is 2. The maximum atomic E-state index is 11.8. The van der Waals surface area contributed by atoms with Gasteiger partial charge >= 0.3 is 0 Å². The minimum absolute atomic E-state index is 0.213. The topological polar surface area (TPSA) is 80.6 Å². The van der Waals surface area contributed by atoms with E-state index in [1.54, 1.807) is 18.2 Å². The van der Waals surface area contributed by atoms with Crippen molar-refractivity contribution >= 4 is 28.7 Å². The van der Waals surface area contributed by atoms with Crippen LogP contribution in [-0.2, 0) is 9.59 Å². The van der Waals surface area contributed by atoms with Crippen LogP contribution < -0.4 is 15.6 Å². The van der Waals surface area contributed by atoms with Crippen LogP contribution >= 0.6 is 0 Å². The van der Waals surface area contributed by atoms with Crippen molar-refractivity contribution in [3.8, 4) is 5.75 Å². The fraction of sp³-hybridized carbons (Fsp3) is 0.100. The average Bonchev–Trinajstić information content (AvgIpc) is 3.08. The minimum atomic E-state index is -0.474. The fourth-order valence-corrected chi connectivity index (χ4v) is 2.37. The number of carbonyl (C=O) groups is 2. The molecule has 132 valence electrons. The Kier molecular flexibility index (Phi) is 5.34. The third kappa shape index (κ3) is 4.51. The quantitative estimate of drug-likeness (QED) is 0.548. The smallest absolute Gasteiger partial charge is 0.276 e. The lowest BCUT2D eigenvalue weighted by Crippen LogP contribution is -2.43. The molecule has 2 aromatic carbocycles. The van der Waals surface area contributed by atoms with Gasteiger partial charge in [-0.1, -0.05) is 36.4 Å². The largest absolute Gasteiger partial charge is 0.483 e. The van der Waals surface area contributed by atoms with E-state index in [-0.39, 0.29) is 6.61 Å². The molecular weight excluding hydrogens is 332 g/mol. The molecule has 2 amide bonds. The summed E-state index contributed by atoms with van der Waals surface area (Å²) >= 11 is 0. The van der Waals surface area contributed by atoms with Gasteiger partial charge in [0.25, 0.3) is 11.8 Å². The number of nitrogens with one attached hydrogen (secondary N) is 2. The van der Waals surface area contributed by atoms with Crippen LogP contribution in [0.25, 0.3) is 16.8 Å². The molecule has 2 N–H and O–H groups in total. The first-order valence-corrected chi connectivity index (χ1v) is 8.06. The molecule has 0 aliphatic heterocycles. The summed E-state index contributed by atoms with van der Waals surface area (Å²) in [5, 5.41) is 1.94. The summed E-state index contributed by atoms with van der Waals surface area (Å²) < 4.78 is 10.9. The predicted octanol–water partition coefficient (Wildman–Crippen LogP) is 2.98. The van der Waals surface area contributed by atoms with Crippen LogP contribution in [0, 0.1) is 6.92 Å². The SMILES string of the molecule is Cc1ccc(/C=C/C(=O)NNC(=O)COc2cccc3ccccc23)o1. The van der Waals surface area contributed by atoms with Crippen LogP contribution in [0.5, 0.6) is 5.75 Å². The van der Waals surface area contributed by atoms with Gasteiger partial charge in [-0.3, -0.25) is 20.4 Å².